The van der Waals surface area contributed by atoms with Crippen LogP contribution in [-0.2, 0) is 17.4 Å². The van der Waals surface area contributed by atoms with Gasteiger partial charge >= 0.3 is 6.18 Å². The van der Waals surface area contributed by atoms with Crippen LogP contribution in [-0.4, -0.2) is 32.4 Å². The summed E-state index contributed by atoms with van der Waals surface area (Å²) in [6, 6.07) is 11.5. The fourth-order valence-corrected chi connectivity index (χ4v) is 2.82. The van der Waals surface area contributed by atoms with Crippen LogP contribution < -0.4 is 5.32 Å². The molecule has 0 atom stereocenters. The van der Waals surface area contributed by atoms with E-state index in [9.17, 15) is 18.0 Å². The quantitative estimate of drug-likeness (QED) is 0.671. The number of amides is 1. The number of carbonyl (C=O) groups excluding carboxylic acids is 1. The summed E-state index contributed by atoms with van der Waals surface area (Å²) in [4.78, 5) is 12.2. The Morgan fingerprint density at radius 2 is 1.93 bits per heavy atom. The van der Waals surface area contributed by atoms with Crippen LogP contribution in [0.2, 0.25) is 0 Å². The van der Waals surface area contributed by atoms with Gasteiger partial charge in [0.2, 0.25) is 11.1 Å². The molecule has 0 unspecified atom stereocenters. The number of thioether (sulfide) groups is 1. The second kappa shape index (κ2) is 7.78. The molecule has 0 saturated heterocycles. The van der Waals surface area contributed by atoms with Crippen LogP contribution in [0.25, 0.3) is 5.69 Å². The van der Waals surface area contributed by atoms with Crippen molar-refractivity contribution in [3.05, 3.63) is 59.7 Å². The van der Waals surface area contributed by atoms with Gasteiger partial charge in [-0.3, -0.25) is 4.79 Å². The molecule has 1 aromatic heterocycles. The van der Waals surface area contributed by atoms with Crippen molar-refractivity contribution in [3.63, 3.8) is 0 Å². The van der Waals surface area contributed by atoms with Crippen molar-refractivity contribution in [3.8, 4) is 5.69 Å². The van der Waals surface area contributed by atoms with Gasteiger partial charge in [0.25, 0.3) is 0 Å². The second-order valence-electron chi connectivity index (χ2n) is 5.55. The maximum atomic E-state index is 12.6. The van der Waals surface area contributed by atoms with E-state index in [0.29, 0.717) is 22.1 Å². The molecule has 0 bridgehead atoms. The lowest BCUT2D eigenvalue weighted by atomic mass is 10.1. The topological polar surface area (TPSA) is 72.7 Å². The van der Waals surface area contributed by atoms with Crippen LogP contribution >= 0.6 is 11.8 Å². The van der Waals surface area contributed by atoms with E-state index in [0.717, 1.165) is 12.1 Å². The van der Waals surface area contributed by atoms with E-state index in [1.54, 1.807) is 24.3 Å². The maximum absolute atomic E-state index is 12.6. The fourth-order valence-electron chi connectivity index (χ4n) is 2.39. The van der Waals surface area contributed by atoms with E-state index in [-0.39, 0.29) is 12.3 Å². The summed E-state index contributed by atoms with van der Waals surface area (Å²) in [5.74, 6) is -0.339. The molecule has 27 heavy (non-hydrogen) atoms. The van der Waals surface area contributed by atoms with Gasteiger partial charge in [-0.15, -0.1) is 5.10 Å². The lowest BCUT2D eigenvalue weighted by molar-refractivity contribution is -0.137. The lowest BCUT2D eigenvalue weighted by Gasteiger charge is -2.09. The van der Waals surface area contributed by atoms with Crippen molar-refractivity contribution in [1.82, 2.24) is 20.2 Å². The summed E-state index contributed by atoms with van der Waals surface area (Å²) in [6.07, 6.45) is -2.59. The van der Waals surface area contributed by atoms with E-state index >= 15 is 0 Å². The molecule has 3 aromatic rings. The summed E-state index contributed by atoms with van der Waals surface area (Å²) in [5, 5.41) is 14.7. The Kier molecular flexibility index (Phi) is 5.45. The van der Waals surface area contributed by atoms with Crippen LogP contribution in [0, 0.1) is 0 Å². The number of aromatic nitrogens is 4. The molecular formula is C17H14F3N5OS. The standard InChI is InChI=1S/C17H14F3N5OS/c1-27-16-22-23-24-25(16)14-4-2-3-13(10-14)21-15(26)9-11-5-7-12(8-6-11)17(18,19)20/h2-8,10H,9H2,1H3,(H,21,26). The number of carbonyl (C=O) groups is 1. The number of alkyl halides is 3. The molecule has 0 fully saturated rings. The zero-order valence-electron chi connectivity index (χ0n) is 14.1. The molecule has 1 heterocycles. The Morgan fingerprint density at radius 1 is 1.19 bits per heavy atom. The average molecular weight is 393 g/mol. The lowest BCUT2D eigenvalue weighted by Crippen LogP contribution is -2.15. The predicted molar refractivity (Wildman–Crippen MR) is 94.7 cm³/mol. The molecular weight excluding hydrogens is 379 g/mol. The fraction of sp³-hybridized carbons (Fsp3) is 0.176. The molecule has 10 heteroatoms. The van der Waals surface area contributed by atoms with Gasteiger partial charge in [0.05, 0.1) is 17.7 Å². The molecule has 140 valence electrons. The number of nitrogens with one attached hydrogen (secondary N) is 1. The minimum absolute atomic E-state index is 0.0384. The highest BCUT2D eigenvalue weighted by molar-refractivity contribution is 7.98. The van der Waals surface area contributed by atoms with Gasteiger partial charge in [-0.2, -0.15) is 17.9 Å². The average Bonchev–Trinajstić information content (AvgIpc) is 3.10. The van der Waals surface area contributed by atoms with Crippen molar-refractivity contribution < 1.29 is 18.0 Å². The zero-order valence-corrected chi connectivity index (χ0v) is 14.9. The number of rotatable bonds is 5. The summed E-state index contributed by atoms with van der Waals surface area (Å²) in [5.41, 5.74) is 0.954. The molecule has 1 N–H and O–H groups in total. The first-order chi connectivity index (χ1) is 12.9. The molecule has 3 rings (SSSR count). The van der Waals surface area contributed by atoms with Gasteiger partial charge < -0.3 is 5.32 Å². The molecule has 2 aromatic carbocycles. The van der Waals surface area contributed by atoms with Crippen LogP contribution in [0.4, 0.5) is 18.9 Å². The Labute approximate surface area is 156 Å². The third-order valence-corrected chi connectivity index (χ3v) is 4.26. The van der Waals surface area contributed by atoms with Crippen molar-refractivity contribution >= 4 is 23.4 Å². The molecule has 0 aliphatic rings. The molecule has 0 aliphatic heterocycles. The summed E-state index contributed by atoms with van der Waals surface area (Å²) < 4.78 is 39.3. The Morgan fingerprint density at radius 3 is 2.59 bits per heavy atom. The van der Waals surface area contributed by atoms with E-state index in [1.807, 2.05) is 6.26 Å². The molecule has 0 saturated carbocycles. The van der Waals surface area contributed by atoms with E-state index in [2.05, 4.69) is 20.8 Å². The SMILES string of the molecule is CSc1nnnn1-c1cccc(NC(=O)Cc2ccc(C(F)(F)F)cc2)c1. The highest BCUT2D eigenvalue weighted by Gasteiger charge is 2.29. The number of nitrogens with zero attached hydrogens (tertiary/aromatic N) is 4. The van der Waals surface area contributed by atoms with Gasteiger partial charge in [-0.1, -0.05) is 30.0 Å². The summed E-state index contributed by atoms with van der Waals surface area (Å²) in [6.45, 7) is 0. The van der Waals surface area contributed by atoms with Crippen LogP contribution in [0.15, 0.2) is 53.7 Å². The Hall–Kier alpha value is -2.88. The van der Waals surface area contributed by atoms with Gasteiger partial charge in [0, 0.05) is 5.69 Å². The zero-order chi connectivity index (χ0) is 19.4. The third kappa shape index (κ3) is 4.64. The first-order valence-electron chi connectivity index (χ1n) is 7.75. The van der Waals surface area contributed by atoms with E-state index < -0.39 is 11.7 Å². The first-order valence-corrected chi connectivity index (χ1v) is 8.98. The summed E-state index contributed by atoms with van der Waals surface area (Å²) >= 11 is 1.38. The Balaban J connectivity index is 1.69. The molecule has 0 radical (unpaired) electrons. The van der Waals surface area contributed by atoms with Crippen LogP contribution in [0.5, 0.6) is 0 Å². The number of tetrazole rings is 1. The third-order valence-electron chi connectivity index (χ3n) is 3.64. The van der Waals surface area contributed by atoms with Gasteiger partial charge in [0.1, 0.15) is 0 Å². The van der Waals surface area contributed by atoms with Gasteiger partial charge in [0.15, 0.2) is 0 Å². The van der Waals surface area contributed by atoms with E-state index in [1.165, 1.54) is 28.6 Å². The van der Waals surface area contributed by atoms with Crippen LogP contribution in [0.1, 0.15) is 11.1 Å². The Bertz CT molecular complexity index is 940. The summed E-state index contributed by atoms with van der Waals surface area (Å²) in [7, 11) is 0. The molecule has 0 spiro atoms. The van der Waals surface area contributed by atoms with Crippen molar-refractivity contribution in [2.75, 3.05) is 11.6 Å². The smallest absolute Gasteiger partial charge is 0.326 e. The molecule has 6 nitrogen and oxygen atoms in total. The number of anilines is 1. The second-order valence-corrected chi connectivity index (χ2v) is 6.32. The van der Waals surface area contributed by atoms with Gasteiger partial charge in [-0.25, -0.2) is 0 Å². The van der Waals surface area contributed by atoms with Crippen LogP contribution in [0.3, 0.4) is 0 Å². The van der Waals surface area contributed by atoms with Gasteiger partial charge in [-0.05, 0) is 52.6 Å². The first kappa shape index (κ1) is 18.9. The number of hydrogen-bond donors (Lipinski definition) is 1. The number of hydrogen-bond acceptors (Lipinski definition) is 5. The highest BCUT2D eigenvalue weighted by Crippen LogP contribution is 2.29. The highest BCUT2D eigenvalue weighted by atomic mass is 32.2. The number of benzene rings is 2. The molecule has 1 amide bonds. The van der Waals surface area contributed by atoms with Crippen molar-refractivity contribution in [2.45, 2.75) is 17.8 Å². The minimum Gasteiger partial charge on any atom is -0.326 e. The van der Waals surface area contributed by atoms with Crippen molar-refractivity contribution in [2.24, 2.45) is 0 Å². The van der Waals surface area contributed by atoms with Crippen molar-refractivity contribution in [1.29, 1.82) is 0 Å². The molecule has 0 aliphatic carbocycles. The monoisotopic (exact) mass is 393 g/mol. The largest absolute Gasteiger partial charge is 0.416 e. The minimum atomic E-state index is -4.40. The number of halogens is 3. The maximum Gasteiger partial charge on any atom is 0.416 e. The van der Waals surface area contributed by atoms with E-state index in [4.69, 9.17) is 0 Å². The normalized spacial score (nSPS) is 11.4. The predicted octanol–water partition coefficient (Wildman–Crippen LogP) is 3.58.